The van der Waals surface area contributed by atoms with E-state index in [1.165, 1.54) is 18.1 Å². The monoisotopic (exact) mass is 407 g/mol. The molecule has 1 saturated heterocycles. The van der Waals surface area contributed by atoms with Crippen LogP contribution in [0, 0.1) is 5.92 Å². The van der Waals surface area contributed by atoms with Crippen LogP contribution in [0.1, 0.15) is 18.4 Å². The molecule has 5 rings (SSSR count). The molecule has 1 atom stereocenters. The maximum absolute atomic E-state index is 12.0. The molecule has 3 aromatic carbocycles. The van der Waals surface area contributed by atoms with Gasteiger partial charge >= 0.3 is 5.97 Å². The number of carbonyl (C=O) groups excluding carboxylic acids is 1. The highest BCUT2D eigenvalue weighted by Crippen LogP contribution is 2.40. The van der Waals surface area contributed by atoms with E-state index < -0.39 is 0 Å². The van der Waals surface area contributed by atoms with Gasteiger partial charge in [-0.1, -0.05) is 6.07 Å². The van der Waals surface area contributed by atoms with E-state index in [0.29, 0.717) is 0 Å². The highest BCUT2D eigenvalue weighted by atomic mass is 16.7. The predicted molar refractivity (Wildman–Crippen MR) is 114 cm³/mol. The van der Waals surface area contributed by atoms with E-state index in [1.807, 2.05) is 12.1 Å². The van der Waals surface area contributed by atoms with Crippen LogP contribution in [-0.4, -0.2) is 45.0 Å². The van der Waals surface area contributed by atoms with Crippen LogP contribution >= 0.6 is 0 Å². The van der Waals surface area contributed by atoms with Crippen molar-refractivity contribution >= 4 is 27.5 Å². The molecular formula is C24H25NO5. The minimum absolute atomic E-state index is 0.0515. The van der Waals surface area contributed by atoms with Gasteiger partial charge in [0.05, 0.1) is 20.1 Å². The maximum atomic E-state index is 12.0. The molecule has 0 unspecified atom stereocenters. The largest absolute Gasteiger partial charge is 0.497 e. The molecule has 6 heteroatoms. The summed E-state index contributed by atoms with van der Waals surface area (Å²) in [6, 6.07) is 12.5. The lowest BCUT2D eigenvalue weighted by Gasteiger charge is -2.31. The summed E-state index contributed by atoms with van der Waals surface area (Å²) in [5, 5.41) is 4.53. The van der Waals surface area contributed by atoms with Crippen LogP contribution in [0.15, 0.2) is 36.4 Å². The van der Waals surface area contributed by atoms with Crippen molar-refractivity contribution in [1.29, 1.82) is 0 Å². The summed E-state index contributed by atoms with van der Waals surface area (Å²) in [5.41, 5.74) is 1.23. The number of hydrogen-bond donors (Lipinski definition) is 0. The van der Waals surface area contributed by atoms with Crippen molar-refractivity contribution in [3.05, 3.63) is 42.0 Å². The lowest BCUT2D eigenvalue weighted by atomic mass is 9.94. The van der Waals surface area contributed by atoms with Gasteiger partial charge in [-0.25, -0.2) is 0 Å². The topological polar surface area (TPSA) is 57.2 Å². The number of piperidine rings is 1. The number of benzene rings is 3. The Morgan fingerprint density at radius 1 is 1.07 bits per heavy atom. The van der Waals surface area contributed by atoms with Crippen molar-refractivity contribution in [3.8, 4) is 17.2 Å². The van der Waals surface area contributed by atoms with E-state index in [2.05, 4.69) is 29.2 Å². The number of esters is 1. The van der Waals surface area contributed by atoms with E-state index in [1.54, 1.807) is 7.11 Å². The van der Waals surface area contributed by atoms with Gasteiger partial charge in [-0.2, -0.15) is 0 Å². The summed E-state index contributed by atoms with van der Waals surface area (Å²) >= 11 is 0. The highest BCUT2D eigenvalue weighted by molar-refractivity contribution is 6.10. The summed E-state index contributed by atoms with van der Waals surface area (Å²) in [7, 11) is 3.15. The molecule has 2 aliphatic rings. The molecule has 0 radical (unpaired) electrons. The number of nitrogens with zero attached hydrogens (tertiary/aromatic N) is 1. The summed E-state index contributed by atoms with van der Waals surface area (Å²) in [6.45, 7) is 2.73. The van der Waals surface area contributed by atoms with E-state index in [0.717, 1.165) is 65.9 Å². The molecule has 1 fully saturated rings. The fourth-order valence-electron chi connectivity index (χ4n) is 4.66. The van der Waals surface area contributed by atoms with Gasteiger partial charge in [0.15, 0.2) is 11.5 Å². The zero-order valence-corrected chi connectivity index (χ0v) is 17.3. The van der Waals surface area contributed by atoms with Crippen LogP contribution in [0.25, 0.3) is 21.5 Å². The van der Waals surface area contributed by atoms with E-state index >= 15 is 0 Å². The molecule has 0 spiro atoms. The lowest BCUT2D eigenvalue weighted by molar-refractivity contribution is -0.147. The molecular weight excluding hydrogens is 382 g/mol. The molecule has 0 aromatic heterocycles. The Bertz CT molecular complexity index is 1130. The molecule has 2 heterocycles. The Hall–Kier alpha value is -2.99. The predicted octanol–water partition coefficient (Wildman–Crippen LogP) is 4.12. The number of fused-ring (bicyclic) bond motifs is 4. The van der Waals surface area contributed by atoms with Crippen molar-refractivity contribution in [2.24, 2.45) is 5.92 Å². The fourth-order valence-corrected chi connectivity index (χ4v) is 4.66. The quantitative estimate of drug-likeness (QED) is 0.479. The Labute approximate surface area is 175 Å². The summed E-state index contributed by atoms with van der Waals surface area (Å²) < 4.78 is 21.7. The normalized spacial score (nSPS) is 18.7. The SMILES string of the molecule is COC(=O)[C@@H]1CCCN(Cc2cc3cc4c(cc3c3cc(OC)ccc23)OCO4)C1. The Kier molecular flexibility index (Phi) is 4.87. The Morgan fingerprint density at radius 3 is 2.70 bits per heavy atom. The van der Waals surface area contributed by atoms with Gasteiger partial charge in [0.25, 0.3) is 0 Å². The standard InChI is InChI=1S/C24H25NO5/c1-27-18-5-6-19-17(13-25-7-3-4-15(12-25)24(26)28-2)8-16-9-22-23(30-14-29-22)11-20(16)21(19)10-18/h5-6,8-11,15H,3-4,7,12-14H2,1-2H3/t15-/m1/s1. The zero-order valence-electron chi connectivity index (χ0n) is 17.3. The second kappa shape index (κ2) is 7.69. The highest BCUT2D eigenvalue weighted by Gasteiger charge is 2.27. The van der Waals surface area contributed by atoms with Gasteiger partial charge < -0.3 is 18.9 Å². The summed E-state index contributed by atoms with van der Waals surface area (Å²) in [4.78, 5) is 14.4. The van der Waals surface area contributed by atoms with Crippen LogP contribution in [0.5, 0.6) is 17.2 Å². The maximum Gasteiger partial charge on any atom is 0.309 e. The van der Waals surface area contributed by atoms with Gasteiger partial charge in [-0.3, -0.25) is 9.69 Å². The molecule has 0 saturated carbocycles. The molecule has 156 valence electrons. The average Bonchev–Trinajstić information content (AvgIpc) is 3.24. The van der Waals surface area contributed by atoms with Gasteiger partial charge in [-0.05, 0) is 76.8 Å². The second-order valence-corrected chi connectivity index (χ2v) is 7.97. The first-order valence-corrected chi connectivity index (χ1v) is 10.3. The van der Waals surface area contributed by atoms with Gasteiger partial charge in [0, 0.05) is 13.1 Å². The smallest absolute Gasteiger partial charge is 0.309 e. The lowest BCUT2D eigenvalue weighted by Crippen LogP contribution is -2.38. The van der Waals surface area contributed by atoms with Crippen LogP contribution in [0.2, 0.25) is 0 Å². The third kappa shape index (κ3) is 3.31. The molecule has 3 aromatic rings. The van der Waals surface area contributed by atoms with E-state index in [9.17, 15) is 4.79 Å². The Morgan fingerprint density at radius 2 is 1.90 bits per heavy atom. The van der Waals surface area contributed by atoms with Gasteiger partial charge in [-0.15, -0.1) is 0 Å². The summed E-state index contributed by atoms with van der Waals surface area (Å²) in [6.07, 6.45) is 1.89. The summed E-state index contributed by atoms with van der Waals surface area (Å²) in [5.74, 6) is 2.21. The molecule has 2 aliphatic heterocycles. The molecule has 6 nitrogen and oxygen atoms in total. The van der Waals surface area contributed by atoms with Crippen LogP contribution < -0.4 is 14.2 Å². The number of ether oxygens (including phenoxy) is 4. The van der Waals surface area contributed by atoms with Crippen molar-refractivity contribution in [2.45, 2.75) is 19.4 Å². The number of rotatable bonds is 4. The van der Waals surface area contributed by atoms with Crippen molar-refractivity contribution in [3.63, 3.8) is 0 Å². The van der Waals surface area contributed by atoms with Crippen molar-refractivity contribution < 1.29 is 23.7 Å². The number of hydrogen-bond acceptors (Lipinski definition) is 6. The number of carbonyl (C=O) groups is 1. The van der Waals surface area contributed by atoms with Crippen molar-refractivity contribution in [2.75, 3.05) is 34.1 Å². The molecule has 30 heavy (non-hydrogen) atoms. The molecule has 0 N–H and O–H groups in total. The zero-order chi connectivity index (χ0) is 20.7. The van der Waals surface area contributed by atoms with Gasteiger partial charge in [0.1, 0.15) is 5.75 Å². The fraction of sp³-hybridized carbons (Fsp3) is 0.375. The van der Waals surface area contributed by atoms with Crippen LogP contribution in [-0.2, 0) is 16.1 Å². The molecule has 0 aliphatic carbocycles. The number of likely N-dealkylation sites (tertiary alicyclic amines) is 1. The number of methoxy groups -OCH3 is 2. The second-order valence-electron chi connectivity index (χ2n) is 7.97. The van der Waals surface area contributed by atoms with Crippen LogP contribution in [0.3, 0.4) is 0 Å². The third-order valence-electron chi connectivity index (χ3n) is 6.17. The van der Waals surface area contributed by atoms with E-state index in [-0.39, 0.29) is 18.7 Å². The minimum Gasteiger partial charge on any atom is -0.497 e. The van der Waals surface area contributed by atoms with Gasteiger partial charge in [0.2, 0.25) is 6.79 Å². The first-order chi connectivity index (χ1) is 14.7. The molecule has 0 amide bonds. The van der Waals surface area contributed by atoms with Crippen molar-refractivity contribution in [1.82, 2.24) is 4.90 Å². The Balaban J connectivity index is 1.58. The minimum atomic E-state index is -0.111. The first kappa shape index (κ1) is 19.0. The first-order valence-electron chi connectivity index (χ1n) is 10.3. The molecule has 0 bridgehead atoms. The third-order valence-corrected chi connectivity index (χ3v) is 6.17. The van der Waals surface area contributed by atoms with Crippen LogP contribution in [0.4, 0.5) is 0 Å². The average molecular weight is 407 g/mol. The van der Waals surface area contributed by atoms with E-state index in [4.69, 9.17) is 18.9 Å².